The first-order valence-electron chi connectivity index (χ1n) is 13.7. The number of β-lactam (4-membered cyclic amide) rings is 1. The Morgan fingerprint density at radius 3 is 2.48 bits per heavy atom. The molecule has 6 atom stereocenters. The summed E-state index contributed by atoms with van der Waals surface area (Å²) in [6.07, 6.45) is 1.44. The number of fused-ring (bicyclic) bond motifs is 1. The fraction of sp³-hybridized carbons (Fsp3) is 0.731. The van der Waals surface area contributed by atoms with Gasteiger partial charge in [-0.05, 0) is 32.6 Å². The fourth-order valence-corrected chi connectivity index (χ4v) is 6.78. The van der Waals surface area contributed by atoms with E-state index in [0.717, 1.165) is 32.1 Å². The molecule has 3 heterocycles. The van der Waals surface area contributed by atoms with Gasteiger partial charge in [0.05, 0.1) is 24.6 Å². The van der Waals surface area contributed by atoms with E-state index < -0.39 is 30.4 Å². The zero-order valence-corrected chi connectivity index (χ0v) is 24.4. The molecule has 0 bridgehead atoms. The number of nitrogens with one attached hydrogen (secondary N) is 2. The number of aliphatic hydroxyl groups is 1. The van der Waals surface area contributed by atoms with Gasteiger partial charge in [0.15, 0.2) is 5.96 Å². The number of amides is 3. The molecule has 2 unspecified atom stereocenters. The van der Waals surface area contributed by atoms with Crippen molar-refractivity contribution in [2.45, 2.75) is 82.7 Å². The average Bonchev–Trinajstić information content (AvgIpc) is 3.13. The Morgan fingerprint density at radius 2 is 1.88 bits per heavy atom. The molecule has 4 rings (SSSR count). The number of carbonyl (C=O) groups excluding carboxylic acids is 4. The van der Waals surface area contributed by atoms with Crippen LogP contribution in [-0.4, -0.2) is 102 Å². The molecule has 1 aliphatic carbocycles. The number of carbonyl (C=O) groups is 4. The van der Waals surface area contributed by atoms with Crippen molar-refractivity contribution in [1.29, 1.82) is 0 Å². The largest absolute Gasteiger partial charge is 0.511 e. The van der Waals surface area contributed by atoms with Gasteiger partial charge in [-0.25, -0.2) is 14.4 Å². The summed E-state index contributed by atoms with van der Waals surface area (Å²) < 4.78 is 16.0. The maximum absolute atomic E-state index is 13.4. The van der Waals surface area contributed by atoms with E-state index in [2.05, 4.69) is 15.6 Å². The number of esters is 1. The van der Waals surface area contributed by atoms with Gasteiger partial charge in [0.1, 0.15) is 11.8 Å². The molecule has 40 heavy (non-hydrogen) atoms. The Balaban J connectivity index is 1.44. The predicted molar refractivity (Wildman–Crippen MR) is 146 cm³/mol. The van der Waals surface area contributed by atoms with Gasteiger partial charge in [-0.2, -0.15) is 0 Å². The first-order chi connectivity index (χ1) is 19.0. The Kier molecular flexibility index (Phi) is 9.49. The molecule has 0 spiro atoms. The number of thioether (sulfide) groups is 1. The van der Waals surface area contributed by atoms with Crippen LogP contribution in [0.3, 0.4) is 0 Å². The van der Waals surface area contributed by atoms with Crippen LogP contribution in [0.4, 0.5) is 9.59 Å². The molecule has 0 aromatic heterocycles. The molecule has 2 fully saturated rings. The summed E-state index contributed by atoms with van der Waals surface area (Å²) >= 11 is 1.41. The number of aliphatic hydroxyl groups excluding tert-OH is 1. The lowest BCUT2D eigenvalue weighted by molar-refractivity contribution is -0.174. The third-order valence-corrected chi connectivity index (χ3v) is 9.00. The van der Waals surface area contributed by atoms with E-state index in [0.29, 0.717) is 24.0 Å². The van der Waals surface area contributed by atoms with Gasteiger partial charge in [0.25, 0.3) is 0 Å². The molecule has 14 heteroatoms. The summed E-state index contributed by atoms with van der Waals surface area (Å²) in [7, 11) is 3.26. The standard InChI is InChI=1S/C26H39N5O8S/c1-13-19-18(14(2)32)22(33)31(19)20(21(13)40-17-11-27-24(28-12-17)29-25(35)30(4)5)23(34)37-15(3)38-26(36)39-16-9-7-6-8-10-16/h13-19,32H,6-12H2,1-5H3,(H2,27,28,29,35)/t13-,14-,15?,18-,19-/m1/s1. The average molecular weight is 582 g/mol. The van der Waals surface area contributed by atoms with Gasteiger partial charge in [-0.15, -0.1) is 11.8 Å². The molecule has 1 saturated carbocycles. The van der Waals surface area contributed by atoms with Gasteiger partial charge < -0.3 is 34.4 Å². The summed E-state index contributed by atoms with van der Waals surface area (Å²) in [5.74, 6) is -1.66. The molecule has 0 aromatic carbocycles. The maximum Gasteiger partial charge on any atom is 0.511 e. The third-order valence-electron chi connectivity index (χ3n) is 7.53. The summed E-state index contributed by atoms with van der Waals surface area (Å²) in [4.78, 5) is 58.4. The monoisotopic (exact) mass is 581 g/mol. The lowest BCUT2D eigenvalue weighted by atomic mass is 9.79. The number of rotatable bonds is 7. The highest BCUT2D eigenvalue weighted by Crippen LogP contribution is 2.51. The normalized spacial score (nSPS) is 27.9. The summed E-state index contributed by atoms with van der Waals surface area (Å²) in [6, 6.07) is -0.694. The van der Waals surface area contributed by atoms with Crippen LogP contribution in [0.2, 0.25) is 0 Å². The summed E-state index contributed by atoms with van der Waals surface area (Å²) in [6.45, 7) is 5.72. The van der Waals surface area contributed by atoms with Crippen LogP contribution < -0.4 is 10.6 Å². The van der Waals surface area contributed by atoms with Gasteiger partial charge in [-0.1, -0.05) is 13.3 Å². The third kappa shape index (κ3) is 6.48. The van der Waals surface area contributed by atoms with Crippen molar-refractivity contribution >= 4 is 41.8 Å². The molecule has 222 valence electrons. The Morgan fingerprint density at radius 1 is 1.18 bits per heavy atom. The van der Waals surface area contributed by atoms with E-state index in [1.165, 1.54) is 28.5 Å². The first-order valence-corrected chi connectivity index (χ1v) is 14.6. The van der Waals surface area contributed by atoms with E-state index in [4.69, 9.17) is 14.2 Å². The highest BCUT2D eigenvalue weighted by molar-refractivity contribution is 8.03. The van der Waals surface area contributed by atoms with Crippen molar-refractivity contribution in [3.63, 3.8) is 0 Å². The minimum Gasteiger partial charge on any atom is -0.431 e. The van der Waals surface area contributed by atoms with Crippen LogP contribution in [0.25, 0.3) is 0 Å². The van der Waals surface area contributed by atoms with Crippen molar-refractivity contribution in [1.82, 2.24) is 20.4 Å². The smallest absolute Gasteiger partial charge is 0.431 e. The fourth-order valence-electron chi connectivity index (χ4n) is 5.46. The Bertz CT molecular complexity index is 1070. The maximum atomic E-state index is 13.4. The van der Waals surface area contributed by atoms with Crippen molar-refractivity contribution in [3.8, 4) is 0 Å². The quantitative estimate of drug-likeness (QED) is 0.230. The van der Waals surface area contributed by atoms with Crippen LogP contribution in [0.1, 0.15) is 52.9 Å². The van der Waals surface area contributed by atoms with Crippen LogP contribution >= 0.6 is 11.8 Å². The molecule has 4 aliphatic rings. The number of hydrogen-bond acceptors (Lipinski definition) is 11. The number of guanidine groups is 1. The minimum absolute atomic E-state index is 0.0937. The topological polar surface area (TPSA) is 159 Å². The van der Waals surface area contributed by atoms with Crippen molar-refractivity contribution < 1.29 is 38.5 Å². The second kappa shape index (κ2) is 12.7. The van der Waals surface area contributed by atoms with Crippen LogP contribution in [0, 0.1) is 11.8 Å². The number of ether oxygens (including phenoxy) is 3. The highest BCUT2D eigenvalue weighted by atomic mass is 32.2. The highest BCUT2D eigenvalue weighted by Gasteiger charge is 2.60. The zero-order chi connectivity index (χ0) is 29.1. The van der Waals surface area contributed by atoms with Crippen molar-refractivity contribution in [3.05, 3.63) is 10.6 Å². The number of aliphatic imine (C=N–C) groups is 1. The van der Waals surface area contributed by atoms with Gasteiger partial charge in [0.2, 0.25) is 12.2 Å². The lowest BCUT2D eigenvalue weighted by Crippen LogP contribution is -2.63. The van der Waals surface area contributed by atoms with Gasteiger partial charge in [-0.3, -0.25) is 15.1 Å². The molecule has 3 amide bonds. The van der Waals surface area contributed by atoms with Crippen LogP contribution in [0.5, 0.6) is 0 Å². The van der Waals surface area contributed by atoms with E-state index in [1.807, 2.05) is 6.92 Å². The molecule has 3 N–H and O–H groups in total. The number of hydrogen-bond donors (Lipinski definition) is 3. The summed E-state index contributed by atoms with van der Waals surface area (Å²) in [5, 5.41) is 15.9. The van der Waals surface area contributed by atoms with E-state index in [-0.39, 0.29) is 40.9 Å². The summed E-state index contributed by atoms with van der Waals surface area (Å²) in [5.41, 5.74) is 0.0937. The van der Waals surface area contributed by atoms with Gasteiger partial charge >= 0.3 is 18.2 Å². The lowest BCUT2D eigenvalue weighted by Gasteiger charge is -2.46. The van der Waals surface area contributed by atoms with Gasteiger partial charge in [0, 0.05) is 43.6 Å². The number of urea groups is 1. The SMILES string of the molecule is CC(OC(=O)OC1CCCCC1)OC(=O)C1=C(SC2CN=C(NC(=O)N(C)C)NC2)[C@H](C)[C@@H]2[C@@H]([C@@H](C)O)C(=O)N12. The molecule has 0 radical (unpaired) electrons. The predicted octanol–water partition coefficient (Wildman–Crippen LogP) is 1.76. The Labute approximate surface area is 238 Å². The molecule has 1 saturated heterocycles. The second-order valence-corrected chi connectivity index (χ2v) is 12.2. The van der Waals surface area contributed by atoms with Crippen molar-refractivity contribution in [2.24, 2.45) is 16.8 Å². The molecular weight excluding hydrogens is 542 g/mol. The molecular formula is C26H39N5O8S. The Hall–Kier alpha value is -3.00. The number of nitrogens with zero attached hydrogens (tertiary/aromatic N) is 3. The van der Waals surface area contributed by atoms with Crippen LogP contribution in [0.15, 0.2) is 15.6 Å². The second-order valence-electron chi connectivity index (χ2n) is 10.8. The van der Waals surface area contributed by atoms with Crippen molar-refractivity contribution in [2.75, 3.05) is 27.2 Å². The molecule has 13 nitrogen and oxygen atoms in total. The first kappa shape index (κ1) is 30.0. The zero-order valence-electron chi connectivity index (χ0n) is 23.5. The van der Waals surface area contributed by atoms with Crippen LogP contribution in [-0.2, 0) is 23.8 Å². The minimum atomic E-state index is -1.23. The molecule has 0 aromatic rings. The van der Waals surface area contributed by atoms with E-state index in [1.54, 1.807) is 21.0 Å². The van der Waals surface area contributed by atoms with E-state index >= 15 is 0 Å². The van der Waals surface area contributed by atoms with E-state index in [9.17, 15) is 24.3 Å². The molecule has 3 aliphatic heterocycles.